The third-order valence-corrected chi connectivity index (χ3v) is 7.08. The molecular weight excluding hydrogens is 468 g/mol. The standard InChI is InChI=1S/C30H28N2O5/c1-5-16-10-18(25-21(15-31)29(32)37-24-14-30(2,3)13-22(33)26(24)25)11-19-12-23(36-28(16)19)27(34)17-6-8-20(35-4)9-7-17/h6-12,25H,5,13-14,32H2,1-4H3. The number of ketones is 2. The summed E-state index contributed by atoms with van der Waals surface area (Å²) in [5, 5.41) is 10.7. The van der Waals surface area contributed by atoms with E-state index in [1.165, 1.54) is 0 Å². The van der Waals surface area contributed by atoms with Gasteiger partial charge >= 0.3 is 0 Å². The lowest BCUT2D eigenvalue weighted by molar-refractivity contribution is -0.119. The minimum absolute atomic E-state index is 0.0254. The van der Waals surface area contributed by atoms with E-state index in [0.29, 0.717) is 47.5 Å². The highest BCUT2D eigenvalue weighted by Gasteiger charge is 2.43. The first-order chi connectivity index (χ1) is 17.7. The van der Waals surface area contributed by atoms with E-state index in [0.717, 1.165) is 16.5 Å². The van der Waals surface area contributed by atoms with Crippen LogP contribution in [0.15, 0.2) is 69.7 Å². The molecule has 0 bridgehead atoms. The van der Waals surface area contributed by atoms with Gasteiger partial charge in [0.05, 0.1) is 13.0 Å². The quantitative estimate of drug-likeness (QED) is 0.451. The molecule has 0 saturated carbocycles. The van der Waals surface area contributed by atoms with Gasteiger partial charge in [-0.1, -0.05) is 26.8 Å². The first kappa shape index (κ1) is 24.4. The van der Waals surface area contributed by atoms with Crippen LogP contribution in [0, 0.1) is 16.7 Å². The van der Waals surface area contributed by atoms with E-state index in [-0.39, 0.29) is 34.2 Å². The zero-order valence-electron chi connectivity index (χ0n) is 21.3. The van der Waals surface area contributed by atoms with Crippen LogP contribution in [0.25, 0.3) is 11.0 Å². The van der Waals surface area contributed by atoms with Gasteiger partial charge in [-0.25, -0.2) is 0 Å². The van der Waals surface area contributed by atoms with Crippen molar-refractivity contribution in [2.45, 2.75) is 46.0 Å². The molecule has 37 heavy (non-hydrogen) atoms. The molecule has 2 N–H and O–H groups in total. The fraction of sp³-hybridized carbons (Fsp3) is 0.300. The van der Waals surface area contributed by atoms with Crippen molar-refractivity contribution in [2.75, 3.05) is 7.11 Å². The molecule has 5 rings (SSSR count). The van der Waals surface area contributed by atoms with E-state index < -0.39 is 5.92 Å². The molecule has 1 unspecified atom stereocenters. The molecule has 0 saturated heterocycles. The van der Waals surface area contributed by atoms with Gasteiger partial charge in [0, 0.05) is 29.4 Å². The lowest BCUT2D eigenvalue weighted by Crippen LogP contribution is -2.33. The number of hydrogen-bond donors (Lipinski definition) is 1. The molecule has 3 aromatic rings. The van der Waals surface area contributed by atoms with Gasteiger partial charge in [0.1, 0.15) is 28.7 Å². The molecule has 1 aliphatic heterocycles. The highest BCUT2D eigenvalue weighted by Crippen LogP contribution is 2.48. The number of methoxy groups -OCH3 is 1. The number of nitrogens with zero attached hydrogens (tertiary/aromatic N) is 1. The van der Waals surface area contributed by atoms with Crippen LogP contribution in [-0.4, -0.2) is 18.7 Å². The Bertz CT molecular complexity index is 1550. The van der Waals surface area contributed by atoms with Crippen molar-refractivity contribution in [1.29, 1.82) is 5.26 Å². The van der Waals surface area contributed by atoms with Gasteiger partial charge in [-0.05, 0) is 59.4 Å². The minimum atomic E-state index is -0.636. The summed E-state index contributed by atoms with van der Waals surface area (Å²) in [5.41, 5.74) is 9.34. The number of rotatable bonds is 5. The summed E-state index contributed by atoms with van der Waals surface area (Å²) in [6.45, 7) is 6.02. The number of benzene rings is 2. The van der Waals surface area contributed by atoms with Crippen LogP contribution in [-0.2, 0) is 16.0 Å². The number of aryl methyl sites for hydroxylation is 1. The van der Waals surface area contributed by atoms with Gasteiger partial charge in [0.2, 0.25) is 11.7 Å². The molecule has 0 amide bonds. The van der Waals surface area contributed by atoms with E-state index in [1.807, 2.05) is 32.9 Å². The molecule has 0 fully saturated rings. The summed E-state index contributed by atoms with van der Waals surface area (Å²) in [6.07, 6.45) is 1.55. The topological polar surface area (TPSA) is 116 Å². The molecule has 1 aliphatic carbocycles. The van der Waals surface area contributed by atoms with Crippen molar-refractivity contribution in [3.05, 3.63) is 87.7 Å². The number of hydrogen-bond acceptors (Lipinski definition) is 7. The van der Waals surface area contributed by atoms with Gasteiger partial charge < -0.3 is 19.6 Å². The number of carbonyl (C=O) groups excluding carboxylic acids is 2. The predicted molar refractivity (Wildman–Crippen MR) is 138 cm³/mol. The molecule has 0 radical (unpaired) electrons. The Morgan fingerprint density at radius 2 is 1.92 bits per heavy atom. The number of nitriles is 1. The van der Waals surface area contributed by atoms with Crippen LogP contribution in [0.3, 0.4) is 0 Å². The SMILES string of the molecule is CCc1cc(C2C(C#N)=C(N)OC3=C2C(=O)CC(C)(C)C3)cc2cc(C(=O)c3ccc(OC)cc3)oc12. The smallest absolute Gasteiger partial charge is 0.228 e. The van der Waals surface area contributed by atoms with Gasteiger partial charge in [0.25, 0.3) is 0 Å². The molecule has 2 aromatic carbocycles. The monoisotopic (exact) mass is 496 g/mol. The zero-order valence-corrected chi connectivity index (χ0v) is 21.3. The van der Waals surface area contributed by atoms with Gasteiger partial charge in [-0.2, -0.15) is 5.26 Å². The Kier molecular flexibility index (Phi) is 5.91. The average molecular weight is 497 g/mol. The maximum absolute atomic E-state index is 13.3. The Morgan fingerprint density at radius 1 is 1.19 bits per heavy atom. The van der Waals surface area contributed by atoms with Gasteiger partial charge in [-0.3, -0.25) is 9.59 Å². The Balaban J connectivity index is 1.63. The van der Waals surface area contributed by atoms with Crippen molar-refractivity contribution < 1.29 is 23.5 Å². The van der Waals surface area contributed by atoms with Crippen LogP contribution in [0.5, 0.6) is 5.75 Å². The first-order valence-electron chi connectivity index (χ1n) is 12.2. The second kappa shape index (κ2) is 8.97. The Labute approximate surface area is 215 Å². The molecule has 0 spiro atoms. The zero-order chi connectivity index (χ0) is 26.5. The van der Waals surface area contributed by atoms with Crippen molar-refractivity contribution in [3.8, 4) is 11.8 Å². The number of nitrogens with two attached hydrogens (primary N) is 1. The number of carbonyl (C=O) groups is 2. The molecule has 2 heterocycles. The third-order valence-electron chi connectivity index (χ3n) is 7.08. The lowest BCUT2D eigenvalue weighted by atomic mass is 9.70. The Morgan fingerprint density at radius 3 is 2.57 bits per heavy atom. The number of allylic oxidation sites excluding steroid dienone is 3. The van der Waals surface area contributed by atoms with Crippen LogP contribution in [0.1, 0.15) is 66.8 Å². The van der Waals surface area contributed by atoms with Crippen LogP contribution in [0.2, 0.25) is 0 Å². The van der Waals surface area contributed by atoms with E-state index >= 15 is 0 Å². The highest BCUT2D eigenvalue weighted by atomic mass is 16.5. The number of fused-ring (bicyclic) bond motifs is 1. The first-order valence-corrected chi connectivity index (χ1v) is 12.2. The number of furan rings is 1. The molecule has 188 valence electrons. The number of Topliss-reactive ketones (excluding diaryl/α,β-unsaturated/α-hetero) is 1. The van der Waals surface area contributed by atoms with Crippen molar-refractivity contribution in [2.24, 2.45) is 11.1 Å². The lowest BCUT2D eigenvalue weighted by Gasteiger charge is -2.37. The minimum Gasteiger partial charge on any atom is -0.497 e. The summed E-state index contributed by atoms with van der Waals surface area (Å²) >= 11 is 0. The maximum atomic E-state index is 13.3. The van der Waals surface area contributed by atoms with Gasteiger partial charge in [-0.15, -0.1) is 0 Å². The average Bonchev–Trinajstić information content (AvgIpc) is 3.30. The summed E-state index contributed by atoms with van der Waals surface area (Å²) in [4.78, 5) is 26.5. The molecule has 1 atom stereocenters. The molecule has 2 aliphatic rings. The molecular formula is C30H28N2O5. The predicted octanol–water partition coefficient (Wildman–Crippen LogP) is 5.69. The normalized spacial score (nSPS) is 18.9. The van der Waals surface area contributed by atoms with Crippen molar-refractivity contribution in [1.82, 2.24) is 0 Å². The number of ether oxygens (including phenoxy) is 2. The van der Waals surface area contributed by atoms with E-state index in [1.54, 1.807) is 37.4 Å². The van der Waals surface area contributed by atoms with E-state index in [2.05, 4.69) is 6.07 Å². The highest BCUT2D eigenvalue weighted by molar-refractivity contribution is 6.09. The van der Waals surface area contributed by atoms with Crippen molar-refractivity contribution in [3.63, 3.8) is 0 Å². The second-order valence-electron chi connectivity index (χ2n) is 10.3. The molecule has 7 heteroatoms. The van der Waals surface area contributed by atoms with E-state index in [9.17, 15) is 14.9 Å². The van der Waals surface area contributed by atoms with Gasteiger partial charge in [0.15, 0.2) is 11.5 Å². The van der Waals surface area contributed by atoms with Crippen LogP contribution >= 0.6 is 0 Å². The van der Waals surface area contributed by atoms with E-state index in [4.69, 9.17) is 19.6 Å². The summed E-state index contributed by atoms with van der Waals surface area (Å²) in [5.74, 6) is 0.501. The summed E-state index contributed by atoms with van der Waals surface area (Å²) in [6, 6.07) is 14.5. The molecule has 1 aromatic heterocycles. The summed E-state index contributed by atoms with van der Waals surface area (Å²) in [7, 11) is 1.57. The van der Waals surface area contributed by atoms with Crippen molar-refractivity contribution >= 4 is 22.5 Å². The summed E-state index contributed by atoms with van der Waals surface area (Å²) < 4.78 is 17.0. The molecule has 7 nitrogen and oxygen atoms in total. The maximum Gasteiger partial charge on any atom is 0.228 e. The third kappa shape index (κ3) is 4.19. The van der Waals surface area contributed by atoms with Crippen LogP contribution in [0.4, 0.5) is 0 Å². The second-order valence-corrected chi connectivity index (χ2v) is 10.3. The largest absolute Gasteiger partial charge is 0.497 e. The van der Waals surface area contributed by atoms with Crippen LogP contribution < -0.4 is 10.5 Å². The fourth-order valence-corrected chi connectivity index (χ4v) is 5.30. The Hall–Kier alpha value is -4.31. The fourth-order valence-electron chi connectivity index (χ4n) is 5.30.